The third-order valence-corrected chi connectivity index (χ3v) is 19.1. The molecule has 612 valence electrons. The molecule has 0 aliphatic rings. The Labute approximate surface area is 650 Å². The highest BCUT2D eigenvalue weighted by molar-refractivity contribution is 7.47. The van der Waals surface area contributed by atoms with E-state index in [1.54, 1.807) is 0 Å². The molecule has 0 amide bonds. The highest BCUT2D eigenvalue weighted by Crippen LogP contribution is 2.45. The van der Waals surface area contributed by atoms with Gasteiger partial charge in [0, 0.05) is 19.3 Å². The van der Waals surface area contributed by atoms with E-state index in [1.165, 1.54) is 135 Å². The number of unbranched alkanes of at least 4 members (excludes halogenated alkanes) is 29. The van der Waals surface area contributed by atoms with E-state index in [4.69, 9.17) is 32.3 Å². The minimum atomic E-state index is -4.96. The van der Waals surface area contributed by atoms with Gasteiger partial charge >= 0.3 is 33.6 Å². The van der Waals surface area contributed by atoms with Crippen LogP contribution in [0.4, 0.5) is 0 Å². The smallest absolute Gasteiger partial charge is 0.463 e. The second kappa shape index (κ2) is 80.7. The van der Waals surface area contributed by atoms with Crippen molar-refractivity contribution in [3.05, 3.63) is 158 Å². The van der Waals surface area contributed by atoms with Crippen molar-refractivity contribution in [2.24, 2.45) is 0 Å². The molecule has 0 spiro atoms. The highest BCUT2D eigenvalue weighted by Gasteiger charge is 2.29. The molecule has 107 heavy (non-hydrogen) atoms. The number of hydrogen-bond donors (Lipinski definition) is 4. The molecule has 0 heterocycles. The minimum Gasteiger partial charge on any atom is -0.463 e. The first kappa shape index (κ1) is 102. The van der Waals surface area contributed by atoms with Crippen molar-refractivity contribution in [3.8, 4) is 0 Å². The number of carbonyl (C=O) groups excluding carboxylic acids is 3. The number of aliphatic hydroxyl groups is 2. The van der Waals surface area contributed by atoms with E-state index in [2.05, 4.69) is 167 Å². The minimum absolute atomic E-state index is 0.0212. The van der Waals surface area contributed by atoms with Gasteiger partial charge in [-0.1, -0.05) is 320 Å². The van der Waals surface area contributed by atoms with Crippen LogP contribution in [0.25, 0.3) is 0 Å². The van der Waals surface area contributed by atoms with E-state index in [9.17, 15) is 43.5 Å². The molecular formula is C89H150O16P2. The fourth-order valence-electron chi connectivity index (χ4n) is 10.9. The zero-order chi connectivity index (χ0) is 78.0. The lowest BCUT2D eigenvalue weighted by atomic mass is 10.0. The molecule has 4 N–H and O–H groups in total. The van der Waals surface area contributed by atoms with Crippen LogP contribution < -0.4 is 0 Å². The lowest BCUT2D eigenvalue weighted by Gasteiger charge is -2.21. The average Bonchev–Trinajstić information content (AvgIpc) is 0.957. The van der Waals surface area contributed by atoms with Gasteiger partial charge in [0.2, 0.25) is 0 Å². The molecule has 16 nitrogen and oxygen atoms in total. The maximum atomic E-state index is 13.0. The van der Waals surface area contributed by atoms with Crippen molar-refractivity contribution in [2.75, 3.05) is 39.6 Å². The Morgan fingerprint density at radius 1 is 0.271 bits per heavy atom. The van der Waals surface area contributed by atoms with Crippen LogP contribution in [0.1, 0.15) is 329 Å². The highest BCUT2D eigenvalue weighted by atomic mass is 31.2. The maximum Gasteiger partial charge on any atom is 0.472 e. The van der Waals surface area contributed by atoms with Crippen LogP contribution in [0.15, 0.2) is 158 Å². The SMILES string of the molecule is CC/C=C\C/C=C\C/C=C\C/C=C\C/C=C\CCCC(=O)OC(COC(=O)CCCCCCCCCCCCC/C=C\C/C=C\C/C=C\C/C=C\CCCCC)COP(=O)(O)OCC(O)COP(=O)(O)OCC(O)COC(=O)CCCCCCCCCCCCC/C=C\C/C=C\C/C=C\C/C=C\CCCCC. The van der Waals surface area contributed by atoms with Gasteiger partial charge in [0.1, 0.15) is 25.4 Å². The number of carbonyl (C=O) groups is 3. The van der Waals surface area contributed by atoms with E-state index in [0.717, 1.165) is 128 Å². The first-order valence-electron chi connectivity index (χ1n) is 41.8. The van der Waals surface area contributed by atoms with Crippen LogP contribution in [0.3, 0.4) is 0 Å². The summed E-state index contributed by atoms with van der Waals surface area (Å²) in [5, 5.41) is 20.7. The van der Waals surface area contributed by atoms with Crippen LogP contribution >= 0.6 is 15.6 Å². The monoisotopic (exact) mass is 1540 g/mol. The number of phosphoric acid groups is 2. The third kappa shape index (κ3) is 82.0. The maximum absolute atomic E-state index is 13.0. The lowest BCUT2D eigenvalue weighted by molar-refractivity contribution is -0.161. The van der Waals surface area contributed by atoms with Gasteiger partial charge in [-0.2, -0.15) is 0 Å². The Morgan fingerprint density at radius 2 is 0.505 bits per heavy atom. The van der Waals surface area contributed by atoms with Gasteiger partial charge in [0.05, 0.1) is 26.4 Å². The van der Waals surface area contributed by atoms with Crippen LogP contribution in [-0.2, 0) is 55.8 Å². The lowest BCUT2D eigenvalue weighted by Crippen LogP contribution is -2.30. The van der Waals surface area contributed by atoms with Crippen LogP contribution in [0.5, 0.6) is 0 Å². The van der Waals surface area contributed by atoms with Gasteiger partial charge in [0.15, 0.2) is 6.10 Å². The molecule has 18 heteroatoms. The fourth-order valence-corrected chi connectivity index (χ4v) is 12.5. The Balaban J connectivity index is 4.63. The summed E-state index contributed by atoms with van der Waals surface area (Å²) in [6.45, 7) is 2.45. The van der Waals surface area contributed by atoms with Crippen molar-refractivity contribution in [1.29, 1.82) is 0 Å². The first-order chi connectivity index (χ1) is 52.2. The molecule has 0 aromatic rings. The zero-order valence-corrected chi connectivity index (χ0v) is 68.8. The molecule has 0 aromatic heterocycles. The molecule has 0 rings (SSSR count). The van der Waals surface area contributed by atoms with Gasteiger partial charge in [-0.15, -0.1) is 0 Å². The summed E-state index contributed by atoms with van der Waals surface area (Å²) in [6, 6.07) is 0. The van der Waals surface area contributed by atoms with E-state index >= 15 is 0 Å². The predicted molar refractivity (Wildman–Crippen MR) is 445 cm³/mol. The van der Waals surface area contributed by atoms with Crippen molar-refractivity contribution < 1.29 is 75.8 Å². The molecule has 5 unspecified atom stereocenters. The first-order valence-corrected chi connectivity index (χ1v) is 44.8. The van der Waals surface area contributed by atoms with Gasteiger partial charge in [-0.3, -0.25) is 32.5 Å². The topological polar surface area (TPSA) is 231 Å². The summed E-state index contributed by atoms with van der Waals surface area (Å²) in [6.07, 6.45) is 102. The van der Waals surface area contributed by atoms with Gasteiger partial charge < -0.3 is 34.2 Å². The second-order valence-corrected chi connectivity index (χ2v) is 30.4. The number of phosphoric ester groups is 2. The van der Waals surface area contributed by atoms with Crippen LogP contribution in [0.2, 0.25) is 0 Å². The number of ether oxygens (including phenoxy) is 3. The third-order valence-electron chi connectivity index (χ3n) is 17.2. The molecule has 0 bridgehead atoms. The summed E-state index contributed by atoms with van der Waals surface area (Å²) in [5.41, 5.74) is 0. The molecular weight excluding hydrogens is 1390 g/mol. The molecule has 0 aromatic carbocycles. The van der Waals surface area contributed by atoms with Crippen molar-refractivity contribution in [3.63, 3.8) is 0 Å². The Morgan fingerprint density at radius 3 is 0.813 bits per heavy atom. The molecule has 0 radical (unpaired) electrons. The van der Waals surface area contributed by atoms with E-state index in [1.807, 2.05) is 12.2 Å². The van der Waals surface area contributed by atoms with Gasteiger partial charge in [-0.05, 0) is 148 Å². The van der Waals surface area contributed by atoms with Gasteiger partial charge in [0.25, 0.3) is 0 Å². The summed E-state index contributed by atoms with van der Waals surface area (Å²) in [7, 11) is -9.82. The largest absolute Gasteiger partial charge is 0.472 e. The molecule has 0 saturated carbocycles. The van der Waals surface area contributed by atoms with E-state index < -0.39 is 91.5 Å². The van der Waals surface area contributed by atoms with Crippen molar-refractivity contribution in [1.82, 2.24) is 0 Å². The normalized spacial score (nSPS) is 14.7. The molecule has 0 fully saturated rings. The Kier molecular flexibility index (Phi) is 77.0. The van der Waals surface area contributed by atoms with Crippen LogP contribution in [-0.4, -0.2) is 95.9 Å². The molecule has 0 saturated heterocycles. The summed E-state index contributed by atoms with van der Waals surface area (Å²) < 4.78 is 61.2. The summed E-state index contributed by atoms with van der Waals surface area (Å²) >= 11 is 0. The standard InChI is InChI=1S/C89H150O16P2/c1-4-7-10-13-16-19-22-25-28-31-33-35-37-39-41-43-45-47-49-52-54-57-60-63-66-69-72-75-87(92)99-78-84(90)79-101-106(95,96)102-80-85(91)81-103-107(97,98)104-83-86(105-89(94)77-74-71-68-65-62-59-56-51-30-27-24-21-18-15-12-9-6-3)82-100-88(93)76-73-70-67-64-61-58-55-53-50-48-46-44-42-40-38-36-34-32-29-26-23-20-17-14-11-8-5-2/h9,12,16-21,25-30,33-36,39-42,56,59,65,68,84-86,90-91H,4-8,10-11,13-15,22-24,31-32,37-38,43-55,57-58,60-64,66-67,69-83H2,1-3H3,(H,95,96)(H,97,98)/b12-9-,19-16-,20-17-,21-18-,28-25-,29-26-,30-27-,35-33-,36-34-,41-39-,42-40-,59-56-,68-65-. The zero-order valence-electron chi connectivity index (χ0n) is 67.0. The number of aliphatic hydroxyl groups excluding tert-OH is 2. The molecule has 0 aliphatic heterocycles. The quantitative estimate of drug-likeness (QED) is 0.0146. The van der Waals surface area contributed by atoms with Crippen molar-refractivity contribution in [2.45, 2.75) is 347 Å². The Bertz CT molecular complexity index is 2580. The molecule has 0 aliphatic carbocycles. The number of allylic oxidation sites excluding steroid dienone is 26. The average molecular weight is 1540 g/mol. The van der Waals surface area contributed by atoms with Crippen molar-refractivity contribution >= 4 is 33.6 Å². The van der Waals surface area contributed by atoms with Gasteiger partial charge in [-0.25, -0.2) is 9.13 Å². The Hall–Kier alpha value is -4.83. The summed E-state index contributed by atoms with van der Waals surface area (Å²) in [5.74, 6) is -1.65. The summed E-state index contributed by atoms with van der Waals surface area (Å²) in [4.78, 5) is 58.8. The molecule has 5 atom stereocenters. The predicted octanol–water partition coefficient (Wildman–Crippen LogP) is 25.0. The second-order valence-electron chi connectivity index (χ2n) is 27.5. The number of esters is 3. The van der Waals surface area contributed by atoms with Crippen LogP contribution in [0, 0.1) is 0 Å². The van der Waals surface area contributed by atoms with E-state index in [0.29, 0.717) is 25.7 Å². The van der Waals surface area contributed by atoms with E-state index in [-0.39, 0.29) is 19.3 Å². The fraction of sp³-hybridized carbons (Fsp3) is 0.674. The number of rotatable bonds is 78. The number of hydrogen-bond acceptors (Lipinski definition) is 14.